The third-order valence-electron chi connectivity index (χ3n) is 8.48. The van der Waals surface area contributed by atoms with E-state index in [1.807, 2.05) is 12.1 Å². The molecule has 12 nitrogen and oxygen atoms in total. The van der Waals surface area contributed by atoms with Crippen molar-refractivity contribution >= 4 is 42.6 Å². The van der Waals surface area contributed by atoms with E-state index in [1.54, 1.807) is 13.1 Å². The smallest absolute Gasteiger partial charge is 0.262 e. The van der Waals surface area contributed by atoms with Gasteiger partial charge in [-0.25, -0.2) is 0 Å². The summed E-state index contributed by atoms with van der Waals surface area (Å²) < 4.78 is 0. The first-order valence-electron chi connectivity index (χ1n) is 14.7. The summed E-state index contributed by atoms with van der Waals surface area (Å²) in [6.07, 6.45) is 6.31. The standard InChI is InChI=1S/C31H42N8O4/c1-22(34-3)28(5-4-16-40)39-30(42)26-7-6-25(17-27(26)31(39)43)38-14-12-36(13-15-38)20-23-8-10-37(11-9-23)21-35-19-24(18-33-2)29(32)41/h6-7,16-19,23,28,34H,1-2,4-5,8-15,20-21H2,3H3,(H2,32,41)/b24-18+,35-19-. The highest BCUT2D eigenvalue weighted by Crippen LogP contribution is 2.31. The van der Waals surface area contributed by atoms with Crippen LogP contribution in [0.1, 0.15) is 46.4 Å². The van der Waals surface area contributed by atoms with Gasteiger partial charge >= 0.3 is 0 Å². The van der Waals surface area contributed by atoms with Gasteiger partial charge in [-0.2, -0.15) is 0 Å². The number of piperidine rings is 1. The molecule has 3 N–H and O–H groups in total. The zero-order valence-corrected chi connectivity index (χ0v) is 24.9. The number of primary amides is 1. The minimum Gasteiger partial charge on any atom is -0.390 e. The average Bonchev–Trinajstić information content (AvgIpc) is 3.26. The van der Waals surface area contributed by atoms with E-state index < -0.39 is 11.9 Å². The zero-order chi connectivity index (χ0) is 30.9. The number of likely N-dealkylation sites (tertiary alicyclic amines) is 1. The minimum absolute atomic E-state index is 0.230. The number of benzene rings is 1. The molecule has 0 spiro atoms. The first-order chi connectivity index (χ1) is 20.8. The van der Waals surface area contributed by atoms with Crippen molar-refractivity contribution in [3.05, 3.63) is 53.4 Å². The van der Waals surface area contributed by atoms with Crippen LogP contribution in [0.4, 0.5) is 5.69 Å². The number of hydrogen-bond acceptors (Lipinski definition) is 10. The summed E-state index contributed by atoms with van der Waals surface area (Å²) in [7, 11) is 1.69. The quantitative estimate of drug-likeness (QED) is 0.143. The molecule has 0 radical (unpaired) electrons. The molecule has 1 unspecified atom stereocenters. The van der Waals surface area contributed by atoms with Crippen LogP contribution in [-0.2, 0) is 9.59 Å². The topological polar surface area (TPSA) is 144 Å². The third-order valence-corrected chi connectivity index (χ3v) is 8.48. The fraction of sp³-hybridized carbons (Fsp3) is 0.484. The minimum atomic E-state index is -0.582. The Bertz CT molecular complexity index is 1290. The Morgan fingerprint density at radius 1 is 1.09 bits per heavy atom. The molecule has 0 bridgehead atoms. The first-order valence-corrected chi connectivity index (χ1v) is 14.7. The molecule has 1 aromatic carbocycles. The van der Waals surface area contributed by atoms with Crippen molar-refractivity contribution in [3.8, 4) is 0 Å². The molecular formula is C31H42N8O4. The van der Waals surface area contributed by atoms with Crippen LogP contribution in [0.5, 0.6) is 0 Å². The van der Waals surface area contributed by atoms with Crippen LogP contribution in [0.15, 0.2) is 52.2 Å². The number of amides is 3. The van der Waals surface area contributed by atoms with Crippen LogP contribution in [-0.4, -0.2) is 117 Å². The number of imide groups is 1. The fourth-order valence-corrected chi connectivity index (χ4v) is 5.96. The van der Waals surface area contributed by atoms with E-state index in [0.29, 0.717) is 35.8 Å². The van der Waals surface area contributed by atoms with Crippen LogP contribution < -0.4 is 16.0 Å². The number of rotatable bonds is 14. The predicted molar refractivity (Wildman–Crippen MR) is 167 cm³/mol. The van der Waals surface area contributed by atoms with E-state index in [2.05, 4.69) is 43.3 Å². The second-order valence-electron chi connectivity index (χ2n) is 11.2. The Labute approximate surface area is 253 Å². The maximum Gasteiger partial charge on any atom is 0.262 e. The summed E-state index contributed by atoms with van der Waals surface area (Å²) >= 11 is 0. The number of carbonyl (C=O) groups is 4. The molecule has 1 aromatic rings. The van der Waals surface area contributed by atoms with Gasteiger partial charge in [0, 0.05) is 83.1 Å². The Morgan fingerprint density at radius 2 is 1.79 bits per heavy atom. The summed E-state index contributed by atoms with van der Waals surface area (Å²) in [5, 5.41) is 2.94. The molecule has 3 amide bonds. The molecule has 0 aliphatic carbocycles. The van der Waals surface area contributed by atoms with Crippen molar-refractivity contribution in [2.24, 2.45) is 21.6 Å². The molecule has 12 heteroatoms. The molecule has 3 aliphatic heterocycles. The highest BCUT2D eigenvalue weighted by molar-refractivity contribution is 6.22. The van der Waals surface area contributed by atoms with Crippen molar-refractivity contribution < 1.29 is 19.2 Å². The average molecular weight is 591 g/mol. The number of likely N-dealkylation sites (N-methyl/N-ethyl adjacent to an activating group) is 1. The van der Waals surface area contributed by atoms with Gasteiger partial charge in [0.05, 0.1) is 29.4 Å². The van der Waals surface area contributed by atoms with Gasteiger partial charge in [-0.1, -0.05) is 6.58 Å². The molecule has 0 aromatic heterocycles. The molecule has 3 heterocycles. The van der Waals surface area contributed by atoms with E-state index >= 15 is 0 Å². The third kappa shape index (κ3) is 7.63. The lowest BCUT2D eigenvalue weighted by Gasteiger charge is -2.39. The van der Waals surface area contributed by atoms with Gasteiger partial charge in [0.1, 0.15) is 6.29 Å². The predicted octanol–water partition coefficient (Wildman–Crippen LogP) is 1.30. The number of fused-ring (bicyclic) bond motifs is 1. The van der Waals surface area contributed by atoms with E-state index in [0.717, 1.165) is 70.6 Å². The number of anilines is 1. The normalized spacial score (nSPS) is 19.5. The first kappa shape index (κ1) is 31.8. The fourth-order valence-electron chi connectivity index (χ4n) is 5.96. The summed E-state index contributed by atoms with van der Waals surface area (Å²) in [6, 6.07) is 4.92. The Balaban J connectivity index is 1.27. The zero-order valence-electron chi connectivity index (χ0n) is 24.9. The van der Waals surface area contributed by atoms with Crippen LogP contribution in [0.25, 0.3) is 0 Å². The summed E-state index contributed by atoms with van der Waals surface area (Å²) in [5.41, 5.74) is 7.81. The van der Waals surface area contributed by atoms with Gasteiger partial charge in [-0.05, 0) is 50.1 Å². The second kappa shape index (κ2) is 14.8. The van der Waals surface area contributed by atoms with Gasteiger partial charge in [0.25, 0.3) is 17.7 Å². The molecular weight excluding hydrogens is 548 g/mol. The number of hydrogen-bond donors (Lipinski definition) is 2. The molecule has 0 saturated carbocycles. The number of piperazine rings is 1. The number of nitrogens with one attached hydrogen (secondary N) is 1. The van der Waals surface area contributed by atoms with Crippen molar-refractivity contribution in [2.45, 2.75) is 31.7 Å². The maximum atomic E-state index is 13.4. The molecule has 1 atom stereocenters. The van der Waals surface area contributed by atoms with Gasteiger partial charge in [-0.3, -0.25) is 39.1 Å². The largest absolute Gasteiger partial charge is 0.390 e. The monoisotopic (exact) mass is 590 g/mol. The van der Waals surface area contributed by atoms with Crippen molar-refractivity contribution in [3.63, 3.8) is 0 Å². The number of nitrogens with two attached hydrogens (primary N) is 1. The number of aliphatic imine (C=N–C) groups is 2. The van der Waals surface area contributed by atoms with Crippen molar-refractivity contribution in [1.29, 1.82) is 0 Å². The number of aldehydes is 1. The lowest BCUT2D eigenvalue weighted by Crippen LogP contribution is -2.49. The Morgan fingerprint density at radius 3 is 2.42 bits per heavy atom. The molecule has 2 saturated heterocycles. The Kier molecular flexibility index (Phi) is 11.0. The SMILES string of the molecule is C=N/C=C(\C=N/CN1CCC(CN2CCN(c3ccc4c(c3)C(=O)N(C(CCC=O)C(=C)NC)C4=O)CC2)CC1)C(N)=O. The van der Waals surface area contributed by atoms with E-state index in [1.165, 1.54) is 17.3 Å². The lowest BCUT2D eigenvalue weighted by molar-refractivity contribution is -0.114. The summed E-state index contributed by atoms with van der Waals surface area (Å²) in [4.78, 5) is 65.2. The van der Waals surface area contributed by atoms with Crippen LogP contribution in [0, 0.1) is 5.92 Å². The molecule has 3 aliphatic rings. The molecule has 4 rings (SSSR count). The van der Waals surface area contributed by atoms with Gasteiger partial charge in [-0.15, -0.1) is 0 Å². The number of nitrogens with zero attached hydrogens (tertiary/aromatic N) is 6. The van der Waals surface area contributed by atoms with Crippen LogP contribution in [0.2, 0.25) is 0 Å². The van der Waals surface area contributed by atoms with Gasteiger partial charge in [0.15, 0.2) is 0 Å². The summed E-state index contributed by atoms with van der Waals surface area (Å²) in [6.45, 7) is 14.3. The highest BCUT2D eigenvalue weighted by atomic mass is 16.2. The van der Waals surface area contributed by atoms with Gasteiger partial charge < -0.3 is 20.7 Å². The number of carbonyl (C=O) groups excluding carboxylic acids is 4. The van der Waals surface area contributed by atoms with E-state index in [4.69, 9.17) is 5.73 Å². The highest BCUT2D eigenvalue weighted by Gasteiger charge is 2.41. The van der Waals surface area contributed by atoms with E-state index in [-0.39, 0.29) is 23.8 Å². The van der Waals surface area contributed by atoms with E-state index in [9.17, 15) is 19.2 Å². The summed E-state index contributed by atoms with van der Waals surface area (Å²) in [5.74, 6) is -0.650. The van der Waals surface area contributed by atoms with Crippen LogP contribution >= 0.6 is 0 Å². The van der Waals surface area contributed by atoms with Crippen LogP contribution in [0.3, 0.4) is 0 Å². The Hall–Kier alpha value is -4.16. The second-order valence-corrected chi connectivity index (χ2v) is 11.2. The maximum absolute atomic E-state index is 13.4. The molecule has 2 fully saturated rings. The van der Waals surface area contributed by atoms with Crippen molar-refractivity contribution in [1.82, 2.24) is 20.0 Å². The molecule has 230 valence electrons. The lowest BCUT2D eigenvalue weighted by atomic mass is 9.96. The van der Waals surface area contributed by atoms with Crippen molar-refractivity contribution in [2.75, 3.05) is 64.4 Å². The molecule has 43 heavy (non-hydrogen) atoms. The van der Waals surface area contributed by atoms with Gasteiger partial charge in [0.2, 0.25) is 0 Å².